The summed E-state index contributed by atoms with van der Waals surface area (Å²) in [7, 11) is -1.80. The second kappa shape index (κ2) is 10.3. The molecule has 1 atom stereocenters. The van der Waals surface area contributed by atoms with Gasteiger partial charge < -0.3 is 5.32 Å². The van der Waals surface area contributed by atoms with E-state index in [2.05, 4.69) is 5.32 Å². The molecule has 170 valence electrons. The minimum absolute atomic E-state index is 0.0840. The third kappa shape index (κ3) is 5.57. The standard InChI is InChI=1S/C21H30ClN5O3S/c1-16(21(28)24-18-9-8-17(15-23)20(22)14-18)26-10-12-27(13-11-26)31(29,30)25(2)19-6-4-3-5-7-19/h8-9,14,16,19H,3-7,10-13H2,1-2H3,(H,24,28). The van der Waals surface area contributed by atoms with E-state index in [-0.39, 0.29) is 17.0 Å². The third-order valence-corrected chi connectivity index (χ3v) is 8.69. The number of hydrogen-bond donors (Lipinski definition) is 1. The van der Waals surface area contributed by atoms with Crippen molar-refractivity contribution < 1.29 is 13.2 Å². The van der Waals surface area contributed by atoms with E-state index in [0.29, 0.717) is 37.4 Å². The molecule has 1 heterocycles. The Labute approximate surface area is 189 Å². The number of anilines is 1. The molecule has 1 saturated carbocycles. The van der Waals surface area contributed by atoms with Crippen LogP contribution in [0.15, 0.2) is 18.2 Å². The summed E-state index contributed by atoms with van der Waals surface area (Å²) in [6.07, 6.45) is 5.18. The number of benzene rings is 1. The lowest BCUT2D eigenvalue weighted by Crippen LogP contribution is -2.57. The Kier molecular flexibility index (Phi) is 7.94. The van der Waals surface area contributed by atoms with E-state index in [4.69, 9.17) is 16.9 Å². The fourth-order valence-corrected chi connectivity index (χ4v) is 6.03. The molecular formula is C21H30ClN5O3S. The Morgan fingerprint density at radius 1 is 1.23 bits per heavy atom. The van der Waals surface area contributed by atoms with Gasteiger partial charge in [0.2, 0.25) is 5.91 Å². The van der Waals surface area contributed by atoms with Crippen molar-refractivity contribution >= 4 is 33.4 Å². The van der Waals surface area contributed by atoms with Crippen LogP contribution >= 0.6 is 11.6 Å². The lowest BCUT2D eigenvalue weighted by molar-refractivity contribution is -0.121. The number of nitriles is 1. The zero-order valence-corrected chi connectivity index (χ0v) is 19.6. The van der Waals surface area contributed by atoms with E-state index in [1.54, 1.807) is 36.5 Å². The molecule has 0 spiro atoms. The third-order valence-electron chi connectivity index (χ3n) is 6.34. The molecule has 2 fully saturated rings. The first-order valence-corrected chi connectivity index (χ1v) is 12.5. The average Bonchev–Trinajstić information content (AvgIpc) is 2.78. The molecule has 1 aromatic carbocycles. The van der Waals surface area contributed by atoms with Gasteiger partial charge in [-0.05, 0) is 38.0 Å². The lowest BCUT2D eigenvalue weighted by atomic mass is 9.96. The summed E-state index contributed by atoms with van der Waals surface area (Å²) in [5, 5.41) is 12.1. The highest BCUT2D eigenvalue weighted by Gasteiger charge is 2.36. The van der Waals surface area contributed by atoms with Crippen molar-refractivity contribution in [3.63, 3.8) is 0 Å². The van der Waals surface area contributed by atoms with Crippen LogP contribution in [0.1, 0.15) is 44.6 Å². The first kappa shape index (κ1) is 24.0. The Hall–Kier alpha value is -1.70. The van der Waals surface area contributed by atoms with Crippen LogP contribution in [-0.4, -0.2) is 73.1 Å². The van der Waals surface area contributed by atoms with E-state index in [1.165, 1.54) is 10.7 Å². The average molecular weight is 468 g/mol. The summed E-state index contributed by atoms with van der Waals surface area (Å²) in [4.78, 5) is 14.6. The Morgan fingerprint density at radius 2 is 1.87 bits per heavy atom. The topological polar surface area (TPSA) is 96.7 Å². The van der Waals surface area contributed by atoms with Gasteiger partial charge in [-0.3, -0.25) is 9.69 Å². The van der Waals surface area contributed by atoms with Crippen LogP contribution in [0.3, 0.4) is 0 Å². The second-order valence-electron chi connectivity index (χ2n) is 8.22. The van der Waals surface area contributed by atoms with Gasteiger partial charge in [-0.15, -0.1) is 0 Å². The number of carbonyl (C=O) groups is 1. The predicted octanol–water partition coefficient (Wildman–Crippen LogP) is 2.67. The number of rotatable bonds is 6. The highest BCUT2D eigenvalue weighted by molar-refractivity contribution is 7.86. The number of piperazine rings is 1. The van der Waals surface area contributed by atoms with Gasteiger partial charge in [0.15, 0.2) is 0 Å². The number of carbonyl (C=O) groups excluding carboxylic acids is 1. The van der Waals surface area contributed by atoms with Gasteiger partial charge >= 0.3 is 0 Å². The first-order chi connectivity index (χ1) is 14.7. The number of halogens is 1. The molecule has 0 aromatic heterocycles. The largest absolute Gasteiger partial charge is 0.325 e. The monoisotopic (exact) mass is 467 g/mol. The molecule has 0 radical (unpaired) electrons. The maximum atomic E-state index is 13.0. The van der Waals surface area contributed by atoms with Crippen molar-refractivity contribution in [2.24, 2.45) is 0 Å². The second-order valence-corrected chi connectivity index (χ2v) is 10.6. The van der Waals surface area contributed by atoms with Crippen LogP contribution < -0.4 is 5.32 Å². The number of amides is 1. The molecule has 8 nitrogen and oxygen atoms in total. The summed E-state index contributed by atoms with van der Waals surface area (Å²) in [5.41, 5.74) is 0.874. The molecule has 1 unspecified atom stereocenters. The molecule has 1 aliphatic carbocycles. The Bertz CT molecular complexity index is 935. The minimum Gasteiger partial charge on any atom is -0.325 e. The van der Waals surface area contributed by atoms with Crippen molar-refractivity contribution in [1.29, 1.82) is 5.26 Å². The van der Waals surface area contributed by atoms with Gasteiger partial charge in [0.25, 0.3) is 10.2 Å². The maximum absolute atomic E-state index is 13.0. The summed E-state index contributed by atoms with van der Waals surface area (Å²) in [6, 6.07) is 6.40. The van der Waals surface area contributed by atoms with Crippen molar-refractivity contribution in [3.8, 4) is 6.07 Å². The van der Waals surface area contributed by atoms with Crippen LogP contribution in [0.4, 0.5) is 5.69 Å². The maximum Gasteiger partial charge on any atom is 0.282 e. The van der Waals surface area contributed by atoms with Crippen LogP contribution in [-0.2, 0) is 15.0 Å². The van der Waals surface area contributed by atoms with E-state index >= 15 is 0 Å². The molecule has 1 aliphatic heterocycles. The van der Waals surface area contributed by atoms with Crippen LogP contribution in [0, 0.1) is 11.3 Å². The van der Waals surface area contributed by atoms with Crippen LogP contribution in [0.25, 0.3) is 0 Å². The molecule has 3 rings (SSSR count). The highest BCUT2D eigenvalue weighted by Crippen LogP contribution is 2.25. The molecule has 2 aliphatic rings. The molecule has 1 amide bonds. The van der Waals surface area contributed by atoms with Crippen molar-refractivity contribution in [3.05, 3.63) is 28.8 Å². The van der Waals surface area contributed by atoms with Crippen molar-refractivity contribution in [2.75, 3.05) is 38.5 Å². The molecule has 1 N–H and O–H groups in total. The summed E-state index contributed by atoms with van der Waals surface area (Å²) >= 11 is 6.03. The number of nitrogens with one attached hydrogen (secondary N) is 1. The van der Waals surface area contributed by atoms with Gasteiger partial charge in [-0.25, -0.2) is 0 Å². The minimum atomic E-state index is -3.49. The number of nitrogens with zero attached hydrogens (tertiary/aromatic N) is 4. The van der Waals surface area contributed by atoms with Gasteiger partial charge in [0, 0.05) is 45.0 Å². The first-order valence-electron chi connectivity index (χ1n) is 10.7. The van der Waals surface area contributed by atoms with E-state index < -0.39 is 16.3 Å². The zero-order chi connectivity index (χ0) is 22.6. The molecule has 10 heteroatoms. The van der Waals surface area contributed by atoms with E-state index in [1.807, 2.05) is 11.0 Å². The van der Waals surface area contributed by atoms with Crippen LogP contribution in [0.5, 0.6) is 0 Å². The van der Waals surface area contributed by atoms with Crippen LogP contribution in [0.2, 0.25) is 5.02 Å². The summed E-state index contributed by atoms with van der Waals surface area (Å²) in [5.74, 6) is -0.198. The quantitative estimate of drug-likeness (QED) is 0.693. The molecule has 1 aromatic rings. The fraction of sp³-hybridized carbons (Fsp3) is 0.619. The SMILES string of the molecule is CC(C(=O)Nc1ccc(C#N)c(Cl)c1)N1CCN(S(=O)(=O)N(C)C2CCCCC2)CC1. The lowest BCUT2D eigenvalue weighted by Gasteiger charge is -2.40. The van der Waals surface area contributed by atoms with Gasteiger partial charge in [-0.1, -0.05) is 30.9 Å². The van der Waals surface area contributed by atoms with Gasteiger partial charge in [0.1, 0.15) is 6.07 Å². The van der Waals surface area contributed by atoms with Gasteiger partial charge in [0.05, 0.1) is 16.6 Å². The summed E-state index contributed by atoms with van der Waals surface area (Å²) in [6.45, 7) is 3.50. The fourth-order valence-electron chi connectivity index (χ4n) is 4.23. The highest BCUT2D eigenvalue weighted by atomic mass is 35.5. The molecule has 1 saturated heterocycles. The van der Waals surface area contributed by atoms with E-state index in [0.717, 1.165) is 25.7 Å². The molecular weight excluding hydrogens is 438 g/mol. The molecule has 0 bridgehead atoms. The van der Waals surface area contributed by atoms with E-state index in [9.17, 15) is 13.2 Å². The van der Waals surface area contributed by atoms with Gasteiger partial charge in [-0.2, -0.15) is 22.3 Å². The summed E-state index contributed by atoms with van der Waals surface area (Å²) < 4.78 is 29.2. The zero-order valence-electron chi connectivity index (χ0n) is 18.1. The normalized spacial score (nSPS) is 20.4. The predicted molar refractivity (Wildman–Crippen MR) is 121 cm³/mol. The number of hydrogen-bond acceptors (Lipinski definition) is 5. The molecule has 31 heavy (non-hydrogen) atoms. The van der Waals surface area contributed by atoms with Crippen molar-refractivity contribution in [2.45, 2.75) is 51.1 Å². The Balaban J connectivity index is 1.55. The van der Waals surface area contributed by atoms with Crippen molar-refractivity contribution in [1.82, 2.24) is 13.5 Å². The smallest absolute Gasteiger partial charge is 0.282 e. The Morgan fingerprint density at radius 3 is 2.45 bits per heavy atom.